The smallest absolute Gasteiger partial charge is 0.278 e. The first-order chi connectivity index (χ1) is 8.19. The zero-order chi connectivity index (χ0) is 14.0. The Bertz CT molecular complexity index is 537. The van der Waals surface area contributed by atoms with Crippen molar-refractivity contribution in [2.75, 3.05) is 7.05 Å². The van der Waals surface area contributed by atoms with E-state index in [2.05, 4.69) is 4.99 Å². The van der Waals surface area contributed by atoms with Crippen molar-refractivity contribution < 1.29 is 26.0 Å². The molecule has 0 aliphatic rings. The molecule has 1 aromatic rings. The lowest BCUT2D eigenvalue weighted by atomic mass is 10.4. The van der Waals surface area contributed by atoms with Gasteiger partial charge in [-0.1, -0.05) is 0 Å². The van der Waals surface area contributed by atoms with E-state index in [1.165, 1.54) is 0 Å². The summed E-state index contributed by atoms with van der Waals surface area (Å²) in [6.45, 7) is 0. The van der Waals surface area contributed by atoms with Crippen LogP contribution in [0, 0.1) is 5.82 Å². The van der Waals surface area contributed by atoms with Gasteiger partial charge in [0.15, 0.2) is 0 Å². The molecule has 0 fully saturated rings. The maximum atomic E-state index is 12.6. The fraction of sp³-hybridized carbons (Fsp3) is 0.222. The number of halogens is 4. The van der Waals surface area contributed by atoms with E-state index in [1.54, 1.807) is 0 Å². The van der Waals surface area contributed by atoms with Gasteiger partial charge in [0.2, 0.25) is 0 Å². The molecule has 18 heavy (non-hydrogen) atoms. The molecule has 0 saturated carbocycles. The highest BCUT2D eigenvalue weighted by molar-refractivity contribution is 7.89. The van der Waals surface area contributed by atoms with E-state index in [1.807, 2.05) is 0 Å². The molecule has 0 amide bonds. The molecule has 100 valence electrons. The van der Waals surface area contributed by atoms with Crippen LogP contribution < -0.4 is 0 Å². The van der Waals surface area contributed by atoms with Gasteiger partial charge in [0, 0.05) is 7.05 Å². The second-order valence-corrected chi connectivity index (χ2v) is 4.91. The van der Waals surface area contributed by atoms with Crippen LogP contribution in [0.5, 0.6) is 0 Å². The number of rotatable bonds is 3. The Balaban J connectivity index is 3.30. The Hall–Kier alpha value is -1.64. The van der Waals surface area contributed by atoms with Crippen molar-refractivity contribution >= 4 is 16.4 Å². The number of hydrogen-bond acceptors (Lipinski definition) is 3. The van der Waals surface area contributed by atoms with Crippen molar-refractivity contribution in [3.05, 3.63) is 30.1 Å². The summed E-state index contributed by atoms with van der Waals surface area (Å²) < 4.78 is 72.8. The summed E-state index contributed by atoms with van der Waals surface area (Å²) >= 11 is 0. The lowest BCUT2D eigenvalue weighted by Gasteiger charge is -2.21. The SMILES string of the molecule is CN=CN(C(F)(F)F)S(=O)(=O)c1ccc(F)cc1. The van der Waals surface area contributed by atoms with E-state index in [0.717, 1.165) is 31.3 Å². The molecular weight excluding hydrogens is 276 g/mol. The molecule has 0 aliphatic heterocycles. The molecule has 0 heterocycles. The number of alkyl halides is 3. The van der Waals surface area contributed by atoms with Crippen molar-refractivity contribution in [3.63, 3.8) is 0 Å². The number of sulfonamides is 1. The normalized spacial score (nSPS) is 12.9. The fourth-order valence-electron chi connectivity index (χ4n) is 1.09. The maximum Gasteiger partial charge on any atom is 0.499 e. The van der Waals surface area contributed by atoms with Gasteiger partial charge in [-0.3, -0.25) is 4.99 Å². The summed E-state index contributed by atoms with van der Waals surface area (Å²) in [6.07, 6.45) is -5.01. The summed E-state index contributed by atoms with van der Waals surface area (Å²) in [5.41, 5.74) is 0. The first-order valence-corrected chi connectivity index (χ1v) is 5.92. The van der Waals surface area contributed by atoms with Crippen LogP contribution in [0.2, 0.25) is 0 Å². The second kappa shape index (κ2) is 4.92. The van der Waals surface area contributed by atoms with Crippen molar-refractivity contribution in [3.8, 4) is 0 Å². The molecule has 1 aromatic carbocycles. The molecule has 1 rings (SSSR count). The largest absolute Gasteiger partial charge is 0.499 e. The van der Waals surface area contributed by atoms with Crippen LogP contribution in [0.3, 0.4) is 0 Å². The minimum atomic E-state index is -5.15. The van der Waals surface area contributed by atoms with Crippen molar-refractivity contribution in [2.24, 2.45) is 4.99 Å². The molecule has 0 saturated heterocycles. The van der Waals surface area contributed by atoms with E-state index in [-0.39, 0.29) is 6.34 Å². The van der Waals surface area contributed by atoms with Crippen LogP contribution in [-0.4, -0.2) is 32.4 Å². The van der Waals surface area contributed by atoms with Crippen LogP contribution >= 0.6 is 0 Å². The Morgan fingerprint density at radius 3 is 2.11 bits per heavy atom. The third-order valence-corrected chi connectivity index (χ3v) is 3.53. The van der Waals surface area contributed by atoms with Crippen molar-refractivity contribution in [2.45, 2.75) is 11.2 Å². The minimum Gasteiger partial charge on any atom is -0.278 e. The van der Waals surface area contributed by atoms with Gasteiger partial charge in [-0.25, -0.2) is 12.8 Å². The molecule has 0 unspecified atom stereocenters. The van der Waals surface area contributed by atoms with Crippen LogP contribution in [0.1, 0.15) is 0 Å². The Kier molecular flexibility index (Phi) is 3.95. The minimum absolute atomic E-state index is 0.138. The third-order valence-electron chi connectivity index (χ3n) is 1.84. The second-order valence-electron chi connectivity index (χ2n) is 3.10. The lowest BCUT2D eigenvalue weighted by Crippen LogP contribution is -2.41. The maximum absolute atomic E-state index is 12.6. The van der Waals surface area contributed by atoms with E-state index < -0.39 is 31.3 Å². The van der Waals surface area contributed by atoms with Gasteiger partial charge in [0.1, 0.15) is 12.2 Å². The molecule has 4 nitrogen and oxygen atoms in total. The van der Waals surface area contributed by atoms with Crippen molar-refractivity contribution in [1.82, 2.24) is 4.31 Å². The Labute approximate surface area is 101 Å². The number of benzene rings is 1. The van der Waals surface area contributed by atoms with E-state index >= 15 is 0 Å². The molecule has 0 atom stereocenters. The number of aliphatic imine (C=N–C) groups is 1. The lowest BCUT2D eigenvalue weighted by molar-refractivity contribution is -0.185. The summed E-state index contributed by atoms with van der Waals surface area (Å²) in [4.78, 5) is 2.36. The number of hydrogen-bond donors (Lipinski definition) is 0. The quantitative estimate of drug-likeness (QED) is 0.369. The van der Waals surface area contributed by atoms with Crippen molar-refractivity contribution in [1.29, 1.82) is 0 Å². The van der Waals surface area contributed by atoms with Gasteiger partial charge in [-0.2, -0.15) is 4.31 Å². The van der Waals surface area contributed by atoms with Crippen LogP contribution in [-0.2, 0) is 10.0 Å². The summed E-state index contributed by atoms with van der Waals surface area (Å²) in [5.74, 6) is -0.753. The third kappa shape index (κ3) is 2.97. The van der Waals surface area contributed by atoms with Gasteiger partial charge in [0.25, 0.3) is 10.0 Å². The predicted octanol–water partition coefficient (Wildman–Crippen LogP) is 1.99. The van der Waals surface area contributed by atoms with Crippen LogP contribution in [0.4, 0.5) is 17.6 Å². The fourth-order valence-corrected chi connectivity index (χ4v) is 2.29. The van der Waals surface area contributed by atoms with Gasteiger partial charge < -0.3 is 0 Å². The first kappa shape index (κ1) is 14.4. The van der Waals surface area contributed by atoms with Gasteiger partial charge in [0.05, 0.1) is 4.90 Å². The van der Waals surface area contributed by atoms with Gasteiger partial charge >= 0.3 is 6.30 Å². The first-order valence-electron chi connectivity index (χ1n) is 4.48. The molecule has 0 bridgehead atoms. The average molecular weight is 284 g/mol. The van der Waals surface area contributed by atoms with Crippen LogP contribution in [0.15, 0.2) is 34.2 Å². The topological polar surface area (TPSA) is 49.7 Å². The van der Waals surface area contributed by atoms with E-state index in [0.29, 0.717) is 0 Å². The summed E-state index contributed by atoms with van der Waals surface area (Å²) in [6, 6.07) is 2.99. The van der Waals surface area contributed by atoms with Gasteiger partial charge in [-0.15, -0.1) is 13.2 Å². The molecule has 0 aliphatic carbocycles. The molecule has 0 radical (unpaired) electrons. The van der Waals surface area contributed by atoms with Gasteiger partial charge in [-0.05, 0) is 24.3 Å². The predicted molar refractivity (Wildman–Crippen MR) is 55.9 cm³/mol. The highest BCUT2D eigenvalue weighted by Gasteiger charge is 2.44. The summed E-state index contributed by atoms with van der Waals surface area (Å²) in [5, 5.41) is 0. The molecule has 0 aromatic heterocycles. The zero-order valence-corrected chi connectivity index (χ0v) is 9.83. The highest BCUT2D eigenvalue weighted by atomic mass is 32.2. The Morgan fingerprint density at radius 2 is 1.72 bits per heavy atom. The molecular formula is C9H8F4N2O2S. The van der Waals surface area contributed by atoms with E-state index in [9.17, 15) is 26.0 Å². The molecule has 0 N–H and O–H groups in total. The zero-order valence-electron chi connectivity index (χ0n) is 9.02. The average Bonchev–Trinajstić information content (AvgIpc) is 2.24. The van der Waals surface area contributed by atoms with Crippen LogP contribution in [0.25, 0.3) is 0 Å². The molecule has 9 heteroatoms. The highest BCUT2D eigenvalue weighted by Crippen LogP contribution is 2.27. The van der Waals surface area contributed by atoms with E-state index in [4.69, 9.17) is 0 Å². The molecule has 0 spiro atoms. The monoisotopic (exact) mass is 284 g/mol. The Morgan fingerprint density at radius 1 is 1.22 bits per heavy atom. The standard InChI is InChI=1S/C9H8F4N2O2S/c1-14-6-15(9(11,12)13)18(16,17)8-4-2-7(10)3-5-8/h2-6H,1H3. The summed E-state index contributed by atoms with van der Waals surface area (Å²) in [7, 11) is -3.85. The number of nitrogens with zero attached hydrogens (tertiary/aromatic N) is 2.